The molecule has 68 valence electrons. The third-order valence-corrected chi connectivity index (χ3v) is 1.77. The zero-order valence-corrected chi connectivity index (χ0v) is 7.95. The first-order valence-corrected chi connectivity index (χ1v) is 4.38. The maximum atomic E-state index is 11.6. The highest BCUT2D eigenvalue weighted by molar-refractivity contribution is 5.97. The Morgan fingerprint density at radius 2 is 2.38 bits per heavy atom. The number of carbonyl (C=O) groups is 1. The van der Waals surface area contributed by atoms with Crippen molar-refractivity contribution in [2.24, 2.45) is 10.9 Å². The van der Waals surface area contributed by atoms with Crippen LogP contribution in [-0.4, -0.2) is 12.0 Å². The molecule has 0 atom stereocenters. The molecule has 0 aliphatic carbocycles. The molecule has 0 radical (unpaired) electrons. The van der Waals surface area contributed by atoms with Crippen molar-refractivity contribution in [3.63, 3.8) is 0 Å². The molecular weight excluding hydrogens is 162 g/mol. The summed E-state index contributed by atoms with van der Waals surface area (Å²) in [6.07, 6.45) is 7.47. The minimum absolute atomic E-state index is 0.0401. The number of allylic oxidation sites excluding steroid dienone is 2. The molecule has 0 spiro atoms. The van der Waals surface area contributed by atoms with Crippen LogP contribution in [-0.2, 0) is 4.79 Å². The second-order valence-corrected chi connectivity index (χ2v) is 3.21. The smallest absolute Gasteiger partial charge is 0.163 e. The van der Waals surface area contributed by atoms with Crippen LogP contribution in [0.5, 0.6) is 0 Å². The number of nitrogens with zero attached hydrogens (tertiary/aromatic N) is 1. The summed E-state index contributed by atoms with van der Waals surface area (Å²) < 4.78 is 0. The van der Waals surface area contributed by atoms with Gasteiger partial charge in [-0.05, 0) is 12.2 Å². The van der Waals surface area contributed by atoms with Gasteiger partial charge in [-0.25, -0.2) is 0 Å². The van der Waals surface area contributed by atoms with E-state index >= 15 is 0 Å². The van der Waals surface area contributed by atoms with E-state index in [2.05, 4.69) is 10.7 Å². The summed E-state index contributed by atoms with van der Waals surface area (Å²) in [6.45, 7) is 3.79. The Balaban J connectivity index is 2.81. The lowest BCUT2D eigenvalue weighted by atomic mass is 9.99. The number of Topliss-reactive ketones (excluding diaryl/α,β-unsaturated/α-hetero) is 1. The van der Waals surface area contributed by atoms with E-state index < -0.39 is 0 Å². The lowest BCUT2D eigenvalue weighted by molar-refractivity contribution is -0.118. The molecule has 1 aliphatic rings. The van der Waals surface area contributed by atoms with E-state index in [1.165, 1.54) is 0 Å². The average molecular weight is 175 g/mol. The van der Waals surface area contributed by atoms with Crippen molar-refractivity contribution in [2.75, 3.05) is 0 Å². The van der Waals surface area contributed by atoms with Crippen molar-refractivity contribution in [2.45, 2.75) is 20.3 Å². The minimum Gasteiger partial charge on any atom is -0.294 e. The third-order valence-electron chi connectivity index (χ3n) is 1.77. The van der Waals surface area contributed by atoms with E-state index in [0.717, 1.165) is 5.57 Å². The van der Waals surface area contributed by atoms with Crippen molar-refractivity contribution >= 4 is 12.0 Å². The van der Waals surface area contributed by atoms with Crippen molar-refractivity contribution in [3.05, 3.63) is 29.7 Å². The number of aliphatic imine (C=N–C) groups is 1. The van der Waals surface area contributed by atoms with E-state index in [9.17, 15) is 4.79 Å². The molecule has 1 rings (SSSR count). The fraction of sp³-hybridized carbons (Fsp3) is 0.364. The second-order valence-electron chi connectivity index (χ2n) is 3.21. The quantitative estimate of drug-likeness (QED) is 0.592. The average Bonchev–Trinajstić information content (AvgIpc) is 2.02. The molecule has 1 aliphatic heterocycles. The van der Waals surface area contributed by atoms with E-state index in [1.807, 2.05) is 19.9 Å². The first-order chi connectivity index (χ1) is 6.22. The maximum Gasteiger partial charge on any atom is 0.163 e. The van der Waals surface area contributed by atoms with Crippen LogP contribution in [0.25, 0.3) is 0 Å². The van der Waals surface area contributed by atoms with Gasteiger partial charge in [0.1, 0.15) is 0 Å². The lowest BCUT2D eigenvalue weighted by Gasteiger charge is -2.05. The van der Waals surface area contributed by atoms with Crippen LogP contribution >= 0.6 is 0 Å². The van der Waals surface area contributed by atoms with Gasteiger partial charge in [0.05, 0.1) is 0 Å². The van der Waals surface area contributed by atoms with E-state index in [1.54, 1.807) is 18.5 Å². The highest BCUT2D eigenvalue weighted by Crippen LogP contribution is 2.11. The van der Waals surface area contributed by atoms with Crippen molar-refractivity contribution in [3.8, 4) is 0 Å². The summed E-state index contributed by atoms with van der Waals surface area (Å²) in [7, 11) is 0. The molecule has 0 bridgehead atoms. The summed E-state index contributed by atoms with van der Waals surface area (Å²) in [5.74, 6) is 0.204. The molecule has 13 heavy (non-hydrogen) atoms. The topological polar surface area (TPSA) is 29.4 Å². The molecule has 2 heteroatoms. The van der Waals surface area contributed by atoms with Gasteiger partial charge in [0.15, 0.2) is 5.78 Å². The zero-order chi connectivity index (χ0) is 9.68. The first-order valence-electron chi connectivity index (χ1n) is 4.38. The van der Waals surface area contributed by atoms with E-state index in [0.29, 0.717) is 6.42 Å². The van der Waals surface area contributed by atoms with Gasteiger partial charge in [-0.2, -0.15) is 0 Å². The van der Waals surface area contributed by atoms with Gasteiger partial charge in [-0.1, -0.05) is 13.8 Å². The van der Waals surface area contributed by atoms with Crippen LogP contribution in [0, 0.1) is 5.92 Å². The van der Waals surface area contributed by atoms with Crippen LogP contribution in [0.15, 0.2) is 34.6 Å². The molecule has 0 saturated carbocycles. The molecule has 0 aromatic rings. The Morgan fingerprint density at radius 1 is 1.62 bits per heavy atom. The predicted molar refractivity (Wildman–Crippen MR) is 53.7 cm³/mol. The van der Waals surface area contributed by atoms with Gasteiger partial charge in [-0.3, -0.25) is 9.79 Å². The Morgan fingerprint density at radius 3 is 3.08 bits per heavy atom. The first kappa shape index (κ1) is 9.69. The molecule has 1 heterocycles. The maximum absolute atomic E-state index is 11.6. The Kier molecular flexibility index (Phi) is 3.41. The van der Waals surface area contributed by atoms with Crippen LogP contribution in [0.1, 0.15) is 20.3 Å². The molecule has 0 saturated heterocycles. The molecule has 0 fully saturated rings. The predicted octanol–water partition coefficient (Wildman–Crippen LogP) is 2.28. The van der Waals surface area contributed by atoms with Crippen LogP contribution in [0.2, 0.25) is 0 Å². The summed E-state index contributed by atoms with van der Waals surface area (Å²) in [5, 5.41) is 0. The van der Waals surface area contributed by atoms with Crippen molar-refractivity contribution in [1.29, 1.82) is 0 Å². The van der Waals surface area contributed by atoms with Gasteiger partial charge in [0.25, 0.3) is 0 Å². The molecule has 0 amide bonds. The van der Waals surface area contributed by atoms with Gasteiger partial charge in [-0.15, -0.1) is 5.73 Å². The van der Waals surface area contributed by atoms with Gasteiger partial charge in [0, 0.05) is 30.3 Å². The lowest BCUT2D eigenvalue weighted by Crippen LogP contribution is -2.09. The normalized spacial score (nSPS) is 19.5. The number of hydrogen-bond acceptors (Lipinski definition) is 2. The molecule has 0 aromatic heterocycles. The van der Waals surface area contributed by atoms with Gasteiger partial charge in [0.2, 0.25) is 0 Å². The summed E-state index contributed by atoms with van der Waals surface area (Å²) in [5.41, 5.74) is 3.67. The fourth-order valence-electron chi connectivity index (χ4n) is 1.04. The highest BCUT2D eigenvalue weighted by Gasteiger charge is 2.11. The van der Waals surface area contributed by atoms with Crippen molar-refractivity contribution in [1.82, 2.24) is 0 Å². The number of carbonyl (C=O) groups excluding carboxylic acids is 1. The molecule has 0 N–H and O–H groups in total. The molecule has 0 aromatic carbocycles. The minimum atomic E-state index is 0.0401. The molecular formula is C11H13NO. The number of hydrogen-bond donors (Lipinski definition) is 0. The molecule has 2 nitrogen and oxygen atoms in total. The van der Waals surface area contributed by atoms with Gasteiger partial charge >= 0.3 is 0 Å². The number of ketones is 1. The van der Waals surface area contributed by atoms with Crippen LogP contribution < -0.4 is 0 Å². The Labute approximate surface area is 78.4 Å². The SMILES string of the molecule is CC(C)C(=O)/C1=C/N=CC=C=CC1. The van der Waals surface area contributed by atoms with Gasteiger partial charge < -0.3 is 0 Å². The Hall–Kier alpha value is -1.40. The Bertz CT molecular complexity index is 315. The van der Waals surface area contributed by atoms with E-state index in [-0.39, 0.29) is 11.7 Å². The third kappa shape index (κ3) is 2.85. The standard InChI is InChI=1S/C11H13NO/c1-9(2)11(13)10-6-4-3-5-7-12-8-10/h4-5,7-9H,6H2,1-2H3/b10-8+,12-7?. The fourth-order valence-corrected chi connectivity index (χ4v) is 1.04. The molecule has 0 unspecified atom stereocenters. The van der Waals surface area contributed by atoms with E-state index in [4.69, 9.17) is 0 Å². The highest BCUT2D eigenvalue weighted by atomic mass is 16.1. The second kappa shape index (κ2) is 4.58. The largest absolute Gasteiger partial charge is 0.294 e. The summed E-state index contributed by atoms with van der Waals surface area (Å²) >= 11 is 0. The zero-order valence-electron chi connectivity index (χ0n) is 7.95. The summed E-state index contributed by atoms with van der Waals surface area (Å²) in [4.78, 5) is 15.5. The summed E-state index contributed by atoms with van der Waals surface area (Å²) in [6, 6.07) is 0. The number of rotatable bonds is 2. The monoisotopic (exact) mass is 175 g/mol. The van der Waals surface area contributed by atoms with Crippen molar-refractivity contribution < 1.29 is 4.79 Å². The van der Waals surface area contributed by atoms with Crippen LogP contribution in [0.3, 0.4) is 0 Å². The van der Waals surface area contributed by atoms with Crippen LogP contribution in [0.4, 0.5) is 0 Å².